The van der Waals surface area contributed by atoms with Crippen molar-refractivity contribution in [2.24, 2.45) is 0 Å². The summed E-state index contributed by atoms with van der Waals surface area (Å²) in [5.74, 6) is 0.293. The van der Waals surface area contributed by atoms with E-state index in [0.29, 0.717) is 19.6 Å². The van der Waals surface area contributed by atoms with Crippen LogP contribution in [0.3, 0.4) is 0 Å². The lowest BCUT2D eigenvalue weighted by Gasteiger charge is -2.35. The first-order valence-electron chi connectivity index (χ1n) is 9.31. The molecule has 0 spiro atoms. The number of carbonyl (C=O) groups is 2. The molecular weight excluding hydrogens is 308 g/mol. The van der Waals surface area contributed by atoms with E-state index in [4.69, 9.17) is 4.74 Å². The Labute approximate surface area is 144 Å². The van der Waals surface area contributed by atoms with Gasteiger partial charge in [0.05, 0.1) is 19.2 Å². The molecule has 0 bridgehead atoms. The molecule has 2 amide bonds. The number of piperazine rings is 1. The number of nitrogens with zero attached hydrogens (tertiary/aromatic N) is 3. The lowest BCUT2D eigenvalue weighted by Crippen LogP contribution is -2.53. The van der Waals surface area contributed by atoms with Crippen molar-refractivity contribution in [1.29, 1.82) is 0 Å². The van der Waals surface area contributed by atoms with Crippen LogP contribution >= 0.6 is 0 Å². The number of hydrogen-bond acceptors (Lipinski definition) is 5. The quantitative estimate of drug-likeness (QED) is 0.709. The smallest absolute Gasteiger partial charge is 0.236 e. The van der Waals surface area contributed by atoms with Crippen molar-refractivity contribution in [3.05, 3.63) is 0 Å². The van der Waals surface area contributed by atoms with E-state index in [0.717, 1.165) is 58.7 Å². The Kier molecular flexibility index (Phi) is 6.45. The van der Waals surface area contributed by atoms with E-state index in [-0.39, 0.29) is 17.9 Å². The Hall–Kier alpha value is -1.18. The van der Waals surface area contributed by atoms with E-state index in [1.807, 2.05) is 4.90 Å². The second kappa shape index (κ2) is 8.78. The number of ether oxygens (including phenoxy) is 1. The van der Waals surface area contributed by atoms with Crippen molar-refractivity contribution in [2.45, 2.75) is 31.8 Å². The molecule has 0 aromatic carbocycles. The van der Waals surface area contributed by atoms with Gasteiger partial charge in [-0.2, -0.15) is 0 Å². The van der Waals surface area contributed by atoms with Gasteiger partial charge < -0.3 is 15.0 Å². The number of amides is 2. The van der Waals surface area contributed by atoms with Crippen molar-refractivity contribution in [2.75, 3.05) is 65.5 Å². The molecule has 0 aromatic heterocycles. The Bertz CT molecular complexity index is 426. The van der Waals surface area contributed by atoms with E-state index in [9.17, 15) is 9.59 Å². The predicted molar refractivity (Wildman–Crippen MR) is 90.7 cm³/mol. The van der Waals surface area contributed by atoms with Gasteiger partial charge in [-0.25, -0.2) is 0 Å². The lowest BCUT2D eigenvalue weighted by molar-refractivity contribution is -0.134. The number of rotatable bonds is 6. The van der Waals surface area contributed by atoms with Crippen LogP contribution in [0.4, 0.5) is 0 Å². The first-order valence-corrected chi connectivity index (χ1v) is 9.31. The first kappa shape index (κ1) is 17.6. The summed E-state index contributed by atoms with van der Waals surface area (Å²) in [5, 5.41) is 2.96. The average molecular weight is 338 g/mol. The molecule has 3 rings (SSSR count). The largest absolute Gasteiger partial charge is 0.376 e. The van der Waals surface area contributed by atoms with E-state index < -0.39 is 0 Å². The molecule has 1 N–H and O–H groups in total. The molecule has 3 aliphatic rings. The van der Waals surface area contributed by atoms with Crippen LogP contribution in [-0.2, 0) is 14.3 Å². The molecule has 3 fully saturated rings. The highest BCUT2D eigenvalue weighted by Crippen LogP contribution is 2.11. The monoisotopic (exact) mass is 338 g/mol. The van der Waals surface area contributed by atoms with Crippen molar-refractivity contribution in [3.8, 4) is 0 Å². The summed E-state index contributed by atoms with van der Waals surface area (Å²) in [6.45, 7) is 7.52. The van der Waals surface area contributed by atoms with Gasteiger partial charge in [0.1, 0.15) is 0 Å². The fraction of sp³-hybridized carbons (Fsp3) is 0.882. The number of likely N-dealkylation sites (tertiary alicyclic amines) is 1. The molecule has 3 heterocycles. The van der Waals surface area contributed by atoms with Gasteiger partial charge in [0.15, 0.2) is 0 Å². The van der Waals surface area contributed by atoms with Crippen LogP contribution < -0.4 is 5.32 Å². The average Bonchev–Trinajstić information content (AvgIpc) is 3.27. The van der Waals surface area contributed by atoms with Gasteiger partial charge in [-0.1, -0.05) is 0 Å². The van der Waals surface area contributed by atoms with Crippen LogP contribution in [-0.4, -0.2) is 98.1 Å². The minimum absolute atomic E-state index is 0.0577. The fourth-order valence-corrected chi connectivity index (χ4v) is 3.68. The SMILES string of the molecule is O=C(CN1CCN(C(=O)CN2CCCC2)CC1)NC[C@H]1CCCO1. The van der Waals surface area contributed by atoms with Crippen LogP contribution in [0, 0.1) is 0 Å². The molecule has 0 unspecified atom stereocenters. The van der Waals surface area contributed by atoms with Gasteiger partial charge in [-0.05, 0) is 38.8 Å². The highest BCUT2D eigenvalue weighted by Gasteiger charge is 2.25. The molecule has 0 aliphatic carbocycles. The Morgan fingerprint density at radius 1 is 0.917 bits per heavy atom. The summed E-state index contributed by atoms with van der Waals surface area (Å²) < 4.78 is 5.51. The van der Waals surface area contributed by atoms with Crippen molar-refractivity contribution in [1.82, 2.24) is 20.0 Å². The highest BCUT2D eigenvalue weighted by atomic mass is 16.5. The third-order valence-electron chi connectivity index (χ3n) is 5.20. The molecule has 7 heteroatoms. The third-order valence-corrected chi connectivity index (χ3v) is 5.20. The van der Waals surface area contributed by atoms with E-state index >= 15 is 0 Å². The van der Waals surface area contributed by atoms with Gasteiger partial charge in [0.25, 0.3) is 0 Å². The van der Waals surface area contributed by atoms with Gasteiger partial charge in [0, 0.05) is 39.3 Å². The molecule has 3 aliphatic heterocycles. The second-order valence-corrected chi connectivity index (χ2v) is 7.08. The van der Waals surface area contributed by atoms with Crippen LogP contribution in [0.15, 0.2) is 0 Å². The molecule has 0 saturated carbocycles. The molecule has 1 atom stereocenters. The Balaban J connectivity index is 1.30. The first-order chi connectivity index (χ1) is 11.7. The summed E-state index contributed by atoms with van der Waals surface area (Å²) in [4.78, 5) is 30.6. The van der Waals surface area contributed by atoms with Crippen LogP contribution in [0.2, 0.25) is 0 Å². The summed E-state index contributed by atoms with van der Waals surface area (Å²) in [6, 6.07) is 0. The summed E-state index contributed by atoms with van der Waals surface area (Å²) >= 11 is 0. The molecule has 0 radical (unpaired) electrons. The summed E-state index contributed by atoms with van der Waals surface area (Å²) in [5.41, 5.74) is 0. The minimum Gasteiger partial charge on any atom is -0.376 e. The van der Waals surface area contributed by atoms with Crippen LogP contribution in [0.25, 0.3) is 0 Å². The fourth-order valence-electron chi connectivity index (χ4n) is 3.68. The topological polar surface area (TPSA) is 65.1 Å². The number of hydrogen-bond donors (Lipinski definition) is 1. The zero-order valence-electron chi connectivity index (χ0n) is 14.5. The maximum atomic E-state index is 12.3. The highest BCUT2D eigenvalue weighted by molar-refractivity contribution is 5.79. The minimum atomic E-state index is 0.0577. The van der Waals surface area contributed by atoms with E-state index in [1.54, 1.807) is 0 Å². The van der Waals surface area contributed by atoms with Crippen molar-refractivity contribution < 1.29 is 14.3 Å². The second-order valence-electron chi connectivity index (χ2n) is 7.08. The Morgan fingerprint density at radius 3 is 2.29 bits per heavy atom. The maximum absolute atomic E-state index is 12.3. The van der Waals surface area contributed by atoms with Gasteiger partial charge >= 0.3 is 0 Å². The summed E-state index contributed by atoms with van der Waals surface area (Å²) in [7, 11) is 0. The Morgan fingerprint density at radius 2 is 1.62 bits per heavy atom. The molecule has 0 aromatic rings. The van der Waals surface area contributed by atoms with Gasteiger partial charge in [-0.3, -0.25) is 19.4 Å². The van der Waals surface area contributed by atoms with Crippen LogP contribution in [0.1, 0.15) is 25.7 Å². The van der Waals surface area contributed by atoms with E-state index in [1.165, 1.54) is 12.8 Å². The summed E-state index contributed by atoms with van der Waals surface area (Å²) in [6.07, 6.45) is 4.74. The van der Waals surface area contributed by atoms with Crippen molar-refractivity contribution in [3.63, 3.8) is 0 Å². The zero-order valence-corrected chi connectivity index (χ0v) is 14.5. The van der Waals surface area contributed by atoms with Crippen LogP contribution in [0.5, 0.6) is 0 Å². The van der Waals surface area contributed by atoms with E-state index in [2.05, 4.69) is 15.1 Å². The van der Waals surface area contributed by atoms with Gasteiger partial charge in [0.2, 0.25) is 11.8 Å². The number of carbonyl (C=O) groups excluding carboxylic acids is 2. The maximum Gasteiger partial charge on any atom is 0.236 e. The van der Waals surface area contributed by atoms with Gasteiger partial charge in [-0.15, -0.1) is 0 Å². The third kappa shape index (κ3) is 5.16. The molecule has 7 nitrogen and oxygen atoms in total. The zero-order chi connectivity index (χ0) is 16.8. The standard InChI is InChI=1S/C17H30N4O3/c22-16(18-12-15-4-3-11-24-15)13-20-7-9-21(10-8-20)17(23)14-19-5-1-2-6-19/h15H,1-14H2,(H,18,22)/t15-/m1/s1. The predicted octanol–water partition coefficient (Wildman–Crippen LogP) is -0.478. The van der Waals surface area contributed by atoms with Crippen molar-refractivity contribution >= 4 is 11.8 Å². The molecule has 24 heavy (non-hydrogen) atoms. The lowest BCUT2D eigenvalue weighted by atomic mass is 10.2. The molecule has 3 saturated heterocycles. The number of nitrogens with one attached hydrogen (secondary N) is 1. The molecule has 136 valence electrons. The molecular formula is C17H30N4O3. The normalized spacial score (nSPS) is 26.0.